The first kappa shape index (κ1) is 19.9. The molecule has 0 amide bonds. The van der Waals surface area contributed by atoms with Crippen molar-refractivity contribution in [2.75, 3.05) is 13.2 Å². The monoisotopic (exact) mass is 452 g/mol. The number of benzene rings is 2. The first-order chi connectivity index (χ1) is 16.6. The fourth-order valence-corrected chi connectivity index (χ4v) is 5.43. The lowest BCUT2D eigenvalue weighted by atomic mass is 9.83. The van der Waals surface area contributed by atoms with Gasteiger partial charge in [0.15, 0.2) is 5.76 Å². The van der Waals surface area contributed by atoms with Gasteiger partial charge in [0.05, 0.1) is 24.6 Å². The van der Waals surface area contributed by atoms with Gasteiger partial charge in [-0.1, -0.05) is 41.1 Å². The summed E-state index contributed by atoms with van der Waals surface area (Å²) in [7, 11) is 0. The van der Waals surface area contributed by atoms with E-state index in [1.807, 2.05) is 13.3 Å². The molecule has 3 aromatic rings. The Hall–Kier alpha value is -3.54. The zero-order valence-electron chi connectivity index (χ0n) is 19.6. The third kappa shape index (κ3) is 3.16. The van der Waals surface area contributed by atoms with Crippen LogP contribution < -0.4 is 0 Å². The van der Waals surface area contributed by atoms with Crippen molar-refractivity contribution in [2.24, 2.45) is 5.16 Å². The van der Waals surface area contributed by atoms with Gasteiger partial charge in [0, 0.05) is 11.9 Å². The summed E-state index contributed by atoms with van der Waals surface area (Å²) in [4.78, 5) is 12.6. The Morgan fingerprint density at radius 3 is 2.56 bits per heavy atom. The maximum absolute atomic E-state index is 6.59. The van der Waals surface area contributed by atoms with Gasteiger partial charge in [0.25, 0.3) is 0 Å². The molecular formula is C28H28N4O2. The van der Waals surface area contributed by atoms with E-state index < -0.39 is 0 Å². The predicted molar refractivity (Wildman–Crippen MR) is 131 cm³/mol. The molecule has 1 aromatic heterocycles. The number of aromatic nitrogens is 2. The fourth-order valence-electron chi connectivity index (χ4n) is 5.43. The standard InChI is InChI=1S/C28H28N4O2/c1-18-3-5-20(6-4-18)25-15-33-30-27-26(34-28(11-12-28)16-32(25)27)13-21-7-10-24(23-9-8-22(21)23)31-14-19(2)29-17-31/h3-7,10,13-14,17,25H,8-9,11-12,15-16H2,1-2H3/b26-13-. The molecule has 172 valence electrons. The molecule has 2 fully saturated rings. The molecule has 6 heteroatoms. The molecule has 6 nitrogen and oxygen atoms in total. The first-order valence-electron chi connectivity index (χ1n) is 12.2. The maximum atomic E-state index is 6.59. The third-order valence-corrected chi connectivity index (χ3v) is 7.65. The van der Waals surface area contributed by atoms with Gasteiger partial charge in [-0.25, -0.2) is 4.98 Å². The molecule has 0 N–H and O–H groups in total. The van der Waals surface area contributed by atoms with Crippen LogP contribution in [0, 0.1) is 13.8 Å². The molecule has 34 heavy (non-hydrogen) atoms. The van der Waals surface area contributed by atoms with Crippen LogP contribution >= 0.6 is 0 Å². The number of rotatable bonds is 3. The van der Waals surface area contributed by atoms with E-state index in [2.05, 4.69) is 75.2 Å². The topological polar surface area (TPSA) is 51.9 Å². The van der Waals surface area contributed by atoms with Gasteiger partial charge in [0.2, 0.25) is 5.84 Å². The normalized spacial score (nSPS) is 22.9. The molecule has 7 rings (SSSR count). The Morgan fingerprint density at radius 2 is 1.85 bits per heavy atom. The van der Waals surface area contributed by atoms with Crippen LogP contribution in [-0.4, -0.2) is 39.0 Å². The fraction of sp³-hybridized carbons (Fsp3) is 0.357. The molecule has 1 spiro atoms. The lowest BCUT2D eigenvalue weighted by Crippen LogP contribution is -2.51. The van der Waals surface area contributed by atoms with Crippen LogP contribution in [0.5, 0.6) is 0 Å². The van der Waals surface area contributed by atoms with Crippen LogP contribution in [0.3, 0.4) is 0 Å². The van der Waals surface area contributed by atoms with Crippen LogP contribution in [-0.2, 0) is 22.4 Å². The molecule has 0 radical (unpaired) electrons. The van der Waals surface area contributed by atoms with Crippen molar-refractivity contribution in [3.05, 3.63) is 88.2 Å². The summed E-state index contributed by atoms with van der Waals surface area (Å²) in [6.45, 7) is 5.57. The second-order valence-corrected chi connectivity index (χ2v) is 10.1. The summed E-state index contributed by atoms with van der Waals surface area (Å²) in [6, 6.07) is 13.3. The Kier molecular flexibility index (Phi) is 4.23. The summed E-state index contributed by atoms with van der Waals surface area (Å²) in [5, 5.41) is 4.49. The summed E-state index contributed by atoms with van der Waals surface area (Å²) >= 11 is 0. The lowest BCUT2D eigenvalue weighted by Gasteiger charge is -2.43. The molecule has 4 aliphatic rings. The predicted octanol–water partition coefficient (Wildman–Crippen LogP) is 4.88. The van der Waals surface area contributed by atoms with Gasteiger partial charge in [0.1, 0.15) is 12.2 Å². The van der Waals surface area contributed by atoms with E-state index in [0.717, 1.165) is 49.5 Å². The number of hydrogen-bond donors (Lipinski definition) is 0. The van der Waals surface area contributed by atoms with Gasteiger partial charge < -0.3 is 19.0 Å². The smallest absolute Gasteiger partial charge is 0.211 e. The Bertz CT molecular complexity index is 1350. The van der Waals surface area contributed by atoms with Crippen molar-refractivity contribution in [3.63, 3.8) is 0 Å². The highest BCUT2D eigenvalue weighted by Crippen LogP contribution is 2.48. The van der Waals surface area contributed by atoms with Gasteiger partial charge in [-0.05, 0) is 73.9 Å². The Morgan fingerprint density at radius 1 is 1.03 bits per heavy atom. The number of hydrogen-bond acceptors (Lipinski definition) is 5. The van der Waals surface area contributed by atoms with Crippen LogP contribution in [0.15, 0.2) is 59.8 Å². The largest absolute Gasteiger partial charge is 0.481 e. The minimum absolute atomic E-state index is 0.0907. The van der Waals surface area contributed by atoms with E-state index in [1.165, 1.54) is 33.5 Å². The molecular weight excluding hydrogens is 424 g/mol. The zero-order valence-corrected chi connectivity index (χ0v) is 19.6. The lowest BCUT2D eigenvalue weighted by molar-refractivity contribution is -0.00392. The quantitative estimate of drug-likeness (QED) is 0.569. The number of imidazole rings is 1. The molecule has 1 atom stereocenters. The van der Waals surface area contributed by atoms with Crippen molar-refractivity contribution < 1.29 is 9.57 Å². The number of nitrogens with zero attached hydrogens (tertiary/aromatic N) is 4. The summed E-state index contributed by atoms with van der Waals surface area (Å²) in [5.41, 5.74) is 8.72. The number of aryl methyl sites for hydroxylation is 2. The maximum Gasteiger partial charge on any atom is 0.211 e. The van der Waals surface area contributed by atoms with Gasteiger partial charge in [-0.2, -0.15) is 0 Å². The number of morpholine rings is 1. The third-order valence-electron chi connectivity index (χ3n) is 7.65. The van der Waals surface area contributed by atoms with Crippen molar-refractivity contribution in [3.8, 4) is 5.69 Å². The summed E-state index contributed by atoms with van der Waals surface area (Å²) < 4.78 is 8.72. The van der Waals surface area contributed by atoms with Gasteiger partial charge >= 0.3 is 0 Å². The molecule has 1 unspecified atom stereocenters. The average molecular weight is 453 g/mol. The van der Waals surface area contributed by atoms with Crippen LogP contribution in [0.1, 0.15) is 52.4 Å². The molecule has 2 aliphatic heterocycles. The molecule has 2 aliphatic carbocycles. The highest BCUT2D eigenvalue weighted by atomic mass is 16.6. The van der Waals surface area contributed by atoms with Crippen molar-refractivity contribution in [1.29, 1.82) is 0 Å². The molecule has 1 saturated heterocycles. The average Bonchev–Trinajstić information content (AvgIpc) is 3.40. The van der Waals surface area contributed by atoms with Crippen molar-refractivity contribution in [2.45, 2.75) is 51.2 Å². The SMILES string of the molecule is Cc1ccc(C2CON=C3/C(=C/c4ccc(-n5cnc(C)c5)c5c4CC5)OC4(CC4)CN32)cc1. The highest BCUT2D eigenvalue weighted by Gasteiger charge is 2.54. The summed E-state index contributed by atoms with van der Waals surface area (Å²) in [6.07, 6.45) is 10.5. The molecule has 3 heterocycles. The van der Waals surface area contributed by atoms with Crippen LogP contribution in [0.2, 0.25) is 0 Å². The minimum Gasteiger partial charge on any atom is -0.481 e. The summed E-state index contributed by atoms with van der Waals surface area (Å²) in [5.74, 6) is 1.65. The second-order valence-electron chi connectivity index (χ2n) is 10.1. The zero-order chi connectivity index (χ0) is 22.9. The van der Waals surface area contributed by atoms with Crippen molar-refractivity contribution in [1.82, 2.24) is 14.5 Å². The molecule has 2 aromatic carbocycles. The molecule has 1 saturated carbocycles. The number of amidine groups is 1. The van der Waals surface area contributed by atoms with E-state index in [-0.39, 0.29) is 11.6 Å². The van der Waals surface area contributed by atoms with Gasteiger partial charge in [-0.3, -0.25) is 0 Å². The van der Waals surface area contributed by atoms with E-state index in [9.17, 15) is 0 Å². The highest BCUT2D eigenvalue weighted by molar-refractivity contribution is 6.01. The Balaban J connectivity index is 1.26. The molecule has 0 bridgehead atoms. The van der Waals surface area contributed by atoms with E-state index in [1.54, 1.807) is 0 Å². The first-order valence-corrected chi connectivity index (χ1v) is 12.2. The van der Waals surface area contributed by atoms with Gasteiger partial charge in [-0.15, -0.1) is 0 Å². The number of oxime groups is 1. The number of ether oxygens (including phenoxy) is 1. The van der Waals surface area contributed by atoms with E-state index >= 15 is 0 Å². The second kappa shape index (κ2) is 7.23. The van der Waals surface area contributed by atoms with E-state index in [0.29, 0.717) is 6.61 Å². The van der Waals surface area contributed by atoms with Crippen molar-refractivity contribution >= 4 is 11.9 Å². The minimum atomic E-state index is -0.0907. The Labute approximate surface area is 199 Å². The number of fused-ring (bicyclic) bond motifs is 2. The van der Waals surface area contributed by atoms with Crippen LogP contribution in [0.4, 0.5) is 0 Å². The van der Waals surface area contributed by atoms with Crippen LogP contribution in [0.25, 0.3) is 11.8 Å². The van der Waals surface area contributed by atoms with E-state index in [4.69, 9.17) is 9.57 Å².